The number of nitrogens with zero attached hydrogens (tertiary/aromatic N) is 1. The van der Waals surface area contributed by atoms with E-state index in [9.17, 15) is 4.79 Å². The molecule has 0 unspecified atom stereocenters. The van der Waals surface area contributed by atoms with Crippen LogP contribution in [0.2, 0.25) is 0 Å². The van der Waals surface area contributed by atoms with Crippen molar-refractivity contribution >= 4 is 21.6 Å². The van der Waals surface area contributed by atoms with Gasteiger partial charge in [0.1, 0.15) is 10.7 Å². The molecule has 2 heterocycles. The first-order valence-electron chi connectivity index (χ1n) is 9.02. The Kier molecular flexibility index (Phi) is 4.11. The molecule has 0 fully saturated rings. The van der Waals surface area contributed by atoms with Crippen LogP contribution in [0.5, 0.6) is 0 Å². The normalized spacial score (nSPS) is 11.0. The fraction of sp³-hybridized carbons (Fsp3) is 0. The summed E-state index contributed by atoms with van der Waals surface area (Å²) in [5, 5.41) is 2.66. The number of benzene rings is 3. The summed E-state index contributed by atoms with van der Waals surface area (Å²) in [6, 6.07) is 28.3. The Balaban J connectivity index is 1.58. The van der Waals surface area contributed by atoms with Crippen LogP contribution in [0.4, 0.5) is 0 Å². The molecule has 3 nitrogen and oxygen atoms in total. The van der Waals surface area contributed by atoms with Gasteiger partial charge in [-0.2, -0.15) is 0 Å². The molecule has 0 aliphatic rings. The number of H-pyrrole nitrogens is 1. The van der Waals surface area contributed by atoms with Crippen molar-refractivity contribution in [2.45, 2.75) is 0 Å². The highest BCUT2D eigenvalue weighted by atomic mass is 32.1. The Bertz CT molecular complexity index is 1300. The van der Waals surface area contributed by atoms with Crippen LogP contribution in [0, 0.1) is 0 Å². The molecule has 5 aromatic rings. The lowest BCUT2D eigenvalue weighted by Crippen LogP contribution is -2.08. The third-order valence-corrected chi connectivity index (χ3v) is 5.67. The highest BCUT2D eigenvalue weighted by Crippen LogP contribution is 2.32. The first-order chi connectivity index (χ1) is 13.8. The molecule has 5 rings (SSSR count). The molecule has 0 aliphatic heterocycles. The lowest BCUT2D eigenvalue weighted by Gasteiger charge is -2.05. The summed E-state index contributed by atoms with van der Waals surface area (Å²) in [5.74, 6) is 0.603. The van der Waals surface area contributed by atoms with Crippen molar-refractivity contribution in [1.29, 1.82) is 0 Å². The Labute approximate surface area is 166 Å². The van der Waals surface area contributed by atoms with Crippen molar-refractivity contribution in [3.8, 4) is 33.6 Å². The average Bonchev–Trinajstić information content (AvgIpc) is 3.20. The number of nitrogens with one attached hydrogen (secondary N) is 1. The van der Waals surface area contributed by atoms with E-state index in [1.54, 1.807) is 0 Å². The van der Waals surface area contributed by atoms with E-state index in [0.717, 1.165) is 27.1 Å². The van der Waals surface area contributed by atoms with Gasteiger partial charge in [-0.05, 0) is 16.7 Å². The van der Waals surface area contributed by atoms with Gasteiger partial charge in [0.25, 0.3) is 5.56 Å². The molecule has 134 valence electrons. The number of aromatic amines is 1. The topological polar surface area (TPSA) is 45.8 Å². The van der Waals surface area contributed by atoms with Crippen molar-refractivity contribution < 1.29 is 0 Å². The first-order valence-corrected chi connectivity index (χ1v) is 9.90. The van der Waals surface area contributed by atoms with E-state index in [1.165, 1.54) is 16.9 Å². The van der Waals surface area contributed by atoms with E-state index in [0.29, 0.717) is 11.2 Å². The lowest BCUT2D eigenvalue weighted by molar-refractivity contribution is 1.19. The number of thiophene rings is 1. The molecule has 4 heteroatoms. The Morgan fingerprint density at radius 2 is 1.25 bits per heavy atom. The van der Waals surface area contributed by atoms with Gasteiger partial charge < -0.3 is 4.98 Å². The number of aromatic nitrogens is 2. The molecule has 0 spiro atoms. The van der Waals surface area contributed by atoms with E-state index < -0.39 is 0 Å². The molecule has 0 radical (unpaired) electrons. The number of hydrogen-bond donors (Lipinski definition) is 1. The molecule has 0 bridgehead atoms. The van der Waals surface area contributed by atoms with Gasteiger partial charge in [-0.1, -0.05) is 84.9 Å². The summed E-state index contributed by atoms with van der Waals surface area (Å²) in [5.41, 5.74) is 5.08. The van der Waals surface area contributed by atoms with Crippen LogP contribution < -0.4 is 5.56 Å². The third kappa shape index (κ3) is 2.94. The lowest BCUT2D eigenvalue weighted by atomic mass is 10.0. The third-order valence-electron chi connectivity index (χ3n) is 4.79. The van der Waals surface area contributed by atoms with Gasteiger partial charge in [0.05, 0.1) is 5.39 Å². The van der Waals surface area contributed by atoms with E-state index in [4.69, 9.17) is 0 Å². The quantitative estimate of drug-likeness (QED) is 0.418. The van der Waals surface area contributed by atoms with Crippen molar-refractivity contribution in [1.82, 2.24) is 9.97 Å². The summed E-state index contributed by atoms with van der Waals surface area (Å²) >= 11 is 1.50. The Morgan fingerprint density at radius 3 is 1.93 bits per heavy atom. The summed E-state index contributed by atoms with van der Waals surface area (Å²) in [6.45, 7) is 0. The predicted octanol–water partition coefficient (Wildman–Crippen LogP) is 5.99. The molecular formula is C24H16N2OS. The minimum absolute atomic E-state index is 0.104. The highest BCUT2D eigenvalue weighted by Gasteiger charge is 2.13. The smallest absolute Gasteiger partial charge is 0.260 e. The second-order valence-corrected chi connectivity index (χ2v) is 7.41. The van der Waals surface area contributed by atoms with Crippen molar-refractivity contribution in [3.05, 3.63) is 101 Å². The van der Waals surface area contributed by atoms with Gasteiger partial charge in [0.2, 0.25) is 0 Å². The summed E-state index contributed by atoms with van der Waals surface area (Å²) in [4.78, 5) is 21.2. The standard InChI is InChI=1S/C24H16N2OS/c27-23-21-20(18-13-11-17(12-14-18)16-7-3-1-4-8-16)15-28-24(21)26-22(25-23)19-9-5-2-6-10-19/h1-15H,(H,25,26,27). The van der Waals surface area contributed by atoms with Crippen LogP contribution in [0.1, 0.15) is 0 Å². The molecule has 0 aliphatic carbocycles. The van der Waals surface area contributed by atoms with Crippen LogP contribution in [-0.4, -0.2) is 9.97 Å². The molecule has 0 saturated carbocycles. The van der Waals surface area contributed by atoms with Gasteiger partial charge in [0, 0.05) is 16.5 Å². The molecular weight excluding hydrogens is 364 g/mol. The molecule has 0 amide bonds. The van der Waals surface area contributed by atoms with Gasteiger partial charge in [-0.25, -0.2) is 4.98 Å². The summed E-state index contributed by atoms with van der Waals surface area (Å²) < 4.78 is 0. The maximum Gasteiger partial charge on any atom is 0.260 e. The monoisotopic (exact) mass is 380 g/mol. The fourth-order valence-corrected chi connectivity index (χ4v) is 4.31. The van der Waals surface area contributed by atoms with E-state index in [-0.39, 0.29) is 5.56 Å². The van der Waals surface area contributed by atoms with E-state index in [1.807, 2.05) is 53.9 Å². The molecule has 0 saturated heterocycles. The minimum atomic E-state index is -0.104. The second-order valence-electron chi connectivity index (χ2n) is 6.55. The molecule has 1 N–H and O–H groups in total. The molecule has 28 heavy (non-hydrogen) atoms. The Morgan fingerprint density at radius 1 is 0.679 bits per heavy atom. The average molecular weight is 380 g/mol. The molecule has 3 aromatic carbocycles. The van der Waals surface area contributed by atoms with E-state index >= 15 is 0 Å². The largest absolute Gasteiger partial charge is 0.306 e. The Hall–Kier alpha value is -3.50. The number of hydrogen-bond acceptors (Lipinski definition) is 3. The van der Waals surface area contributed by atoms with Crippen LogP contribution >= 0.6 is 11.3 Å². The highest BCUT2D eigenvalue weighted by molar-refractivity contribution is 7.17. The van der Waals surface area contributed by atoms with Gasteiger partial charge in [-0.3, -0.25) is 4.79 Å². The van der Waals surface area contributed by atoms with Gasteiger partial charge in [0.15, 0.2) is 0 Å². The van der Waals surface area contributed by atoms with Crippen molar-refractivity contribution in [3.63, 3.8) is 0 Å². The van der Waals surface area contributed by atoms with Gasteiger partial charge in [-0.15, -0.1) is 11.3 Å². The summed E-state index contributed by atoms with van der Waals surface area (Å²) in [6.07, 6.45) is 0. The maximum atomic E-state index is 12.8. The predicted molar refractivity (Wildman–Crippen MR) is 117 cm³/mol. The van der Waals surface area contributed by atoms with E-state index in [2.05, 4.69) is 46.4 Å². The van der Waals surface area contributed by atoms with Crippen molar-refractivity contribution in [2.24, 2.45) is 0 Å². The van der Waals surface area contributed by atoms with Crippen molar-refractivity contribution in [2.75, 3.05) is 0 Å². The maximum absolute atomic E-state index is 12.8. The number of fused-ring (bicyclic) bond motifs is 1. The van der Waals surface area contributed by atoms with Crippen LogP contribution in [0.3, 0.4) is 0 Å². The first kappa shape index (κ1) is 16.7. The van der Waals surface area contributed by atoms with Crippen LogP contribution in [0.25, 0.3) is 43.9 Å². The van der Waals surface area contributed by atoms with Crippen LogP contribution in [0.15, 0.2) is 95.1 Å². The molecule has 0 atom stereocenters. The zero-order valence-corrected chi connectivity index (χ0v) is 15.7. The summed E-state index contributed by atoms with van der Waals surface area (Å²) in [7, 11) is 0. The fourth-order valence-electron chi connectivity index (χ4n) is 3.37. The van der Waals surface area contributed by atoms with Crippen LogP contribution in [-0.2, 0) is 0 Å². The zero-order chi connectivity index (χ0) is 18.9. The second kappa shape index (κ2) is 6.91. The molecule has 2 aromatic heterocycles. The van der Waals surface area contributed by atoms with Gasteiger partial charge >= 0.3 is 0 Å². The SMILES string of the molecule is O=c1[nH]c(-c2ccccc2)nc2scc(-c3ccc(-c4ccccc4)cc3)c12. The zero-order valence-electron chi connectivity index (χ0n) is 14.9. The minimum Gasteiger partial charge on any atom is -0.306 e. The number of rotatable bonds is 3.